The van der Waals surface area contributed by atoms with Crippen LogP contribution in [0.15, 0.2) is 48.5 Å². The lowest BCUT2D eigenvalue weighted by Gasteiger charge is -2.05. The van der Waals surface area contributed by atoms with Gasteiger partial charge in [-0.05, 0) is 35.7 Å². The number of hydrogen-bond acceptors (Lipinski definition) is 4. The molecule has 0 saturated heterocycles. The highest BCUT2D eigenvalue weighted by atomic mass is 32.1. The van der Waals surface area contributed by atoms with Crippen LogP contribution in [0.1, 0.15) is 25.8 Å². The van der Waals surface area contributed by atoms with Gasteiger partial charge in [0, 0.05) is 12.8 Å². The number of carbonyl (C=O) groups excluding carboxylic acids is 1. The summed E-state index contributed by atoms with van der Waals surface area (Å²) in [5.41, 5.74) is 1.97. The van der Waals surface area contributed by atoms with E-state index in [-0.39, 0.29) is 5.78 Å². The van der Waals surface area contributed by atoms with Crippen LogP contribution in [0.2, 0.25) is 0 Å². The molecule has 3 rings (SSSR count). The molecule has 2 aromatic carbocycles. The Labute approximate surface area is 139 Å². The highest BCUT2D eigenvalue weighted by Crippen LogP contribution is 2.31. The van der Waals surface area contributed by atoms with Gasteiger partial charge in [0.2, 0.25) is 0 Å². The number of aromatic nitrogens is 1. The fourth-order valence-corrected chi connectivity index (χ4v) is 3.26. The van der Waals surface area contributed by atoms with E-state index in [2.05, 4.69) is 18.8 Å². The minimum Gasteiger partial charge on any atom is -0.431 e. The van der Waals surface area contributed by atoms with E-state index in [4.69, 9.17) is 4.74 Å². The number of nitrogens with zero attached hydrogens (tertiary/aromatic N) is 1. The molecule has 1 aromatic heterocycles. The van der Waals surface area contributed by atoms with Gasteiger partial charge in [-0.2, -0.15) is 0 Å². The SMILES string of the molecule is CC(C)CC(=O)Cc1ccc(Oc2nc3ccccc3s2)cc1. The van der Waals surface area contributed by atoms with E-state index in [9.17, 15) is 4.79 Å². The van der Waals surface area contributed by atoms with E-state index in [0.717, 1.165) is 21.5 Å². The van der Waals surface area contributed by atoms with Crippen molar-refractivity contribution in [3.05, 3.63) is 54.1 Å². The van der Waals surface area contributed by atoms with Crippen LogP contribution in [0.3, 0.4) is 0 Å². The van der Waals surface area contributed by atoms with Crippen LogP contribution in [-0.4, -0.2) is 10.8 Å². The molecule has 118 valence electrons. The Morgan fingerprint density at radius 2 is 1.87 bits per heavy atom. The summed E-state index contributed by atoms with van der Waals surface area (Å²) in [6.07, 6.45) is 1.11. The van der Waals surface area contributed by atoms with Gasteiger partial charge in [0.25, 0.3) is 5.19 Å². The average molecular weight is 325 g/mol. The molecule has 0 unspecified atom stereocenters. The van der Waals surface area contributed by atoms with Gasteiger partial charge in [-0.25, -0.2) is 4.98 Å². The van der Waals surface area contributed by atoms with E-state index >= 15 is 0 Å². The number of Topliss-reactive ketones (excluding diaryl/α,β-unsaturated/α-hetero) is 1. The minimum atomic E-state index is 0.278. The predicted octanol–water partition coefficient (Wildman–Crippen LogP) is 5.25. The number of ether oxygens (including phenoxy) is 1. The first kappa shape index (κ1) is 15.7. The number of carbonyl (C=O) groups is 1. The van der Waals surface area contributed by atoms with Crippen molar-refractivity contribution < 1.29 is 9.53 Å². The number of fused-ring (bicyclic) bond motifs is 1. The molecule has 0 atom stereocenters. The van der Waals surface area contributed by atoms with Crippen LogP contribution < -0.4 is 4.74 Å². The number of thiazole rings is 1. The molecule has 0 radical (unpaired) electrons. The van der Waals surface area contributed by atoms with Crippen molar-refractivity contribution in [2.75, 3.05) is 0 Å². The molecule has 4 heteroatoms. The van der Waals surface area contributed by atoms with Gasteiger partial charge < -0.3 is 4.74 Å². The Balaban J connectivity index is 1.66. The number of hydrogen-bond donors (Lipinski definition) is 0. The van der Waals surface area contributed by atoms with Crippen LogP contribution in [0, 0.1) is 5.92 Å². The van der Waals surface area contributed by atoms with Crippen molar-refractivity contribution in [2.24, 2.45) is 5.92 Å². The van der Waals surface area contributed by atoms with Crippen LogP contribution in [0.5, 0.6) is 10.9 Å². The minimum absolute atomic E-state index is 0.278. The van der Waals surface area contributed by atoms with Gasteiger partial charge in [0.1, 0.15) is 11.5 Å². The molecule has 0 fully saturated rings. The summed E-state index contributed by atoms with van der Waals surface area (Å²) >= 11 is 1.53. The lowest BCUT2D eigenvalue weighted by Crippen LogP contribution is -2.06. The second-order valence-corrected chi connectivity index (χ2v) is 7.00. The monoisotopic (exact) mass is 325 g/mol. The van der Waals surface area contributed by atoms with Crippen molar-refractivity contribution in [2.45, 2.75) is 26.7 Å². The number of para-hydroxylation sites is 1. The second-order valence-electron chi connectivity index (χ2n) is 6.01. The third-order valence-electron chi connectivity index (χ3n) is 3.44. The van der Waals surface area contributed by atoms with E-state index in [1.165, 1.54) is 11.3 Å². The average Bonchev–Trinajstić information content (AvgIpc) is 2.90. The summed E-state index contributed by atoms with van der Waals surface area (Å²) < 4.78 is 6.92. The molecule has 3 nitrogen and oxygen atoms in total. The molecule has 0 aliphatic heterocycles. The third kappa shape index (κ3) is 4.17. The van der Waals surface area contributed by atoms with Crippen molar-refractivity contribution in [1.29, 1.82) is 0 Å². The summed E-state index contributed by atoms with van der Waals surface area (Å²) in [6.45, 7) is 4.12. The van der Waals surface area contributed by atoms with Crippen LogP contribution >= 0.6 is 11.3 Å². The molecule has 0 saturated carbocycles. The topological polar surface area (TPSA) is 39.2 Å². The smallest absolute Gasteiger partial charge is 0.279 e. The van der Waals surface area contributed by atoms with E-state index < -0.39 is 0 Å². The molecular formula is C19H19NO2S. The van der Waals surface area contributed by atoms with Gasteiger partial charge >= 0.3 is 0 Å². The summed E-state index contributed by atoms with van der Waals surface area (Å²) in [5.74, 6) is 1.42. The lowest BCUT2D eigenvalue weighted by atomic mass is 10.0. The zero-order chi connectivity index (χ0) is 16.2. The fraction of sp³-hybridized carbons (Fsp3) is 0.263. The highest BCUT2D eigenvalue weighted by molar-refractivity contribution is 7.20. The maximum absolute atomic E-state index is 11.9. The number of ketones is 1. The Hall–Kier alpha value is -2.20. The summed E-state index contributed by atoms with van der Waals surface area (Å²) in [7, 11) is 0. The first-order valence-electron chi connectivity index (χ1n) is 7.74. The molecule has 0 amide bonds. The van der Waals surface area contributed by atoms with Crippen LogP contribution in [0.4, 0.5) is 0 Å². The van der Waals surface area contributed by atoms with Gasteiger partial charge in [-0.3, -0.25) is 4.79 Å². The second kappa shape index (κ2) is 6.92. The standard InChI is InChI=1S/C19H19NO2S/c1-13(2)11-15(21)12-14-7-9-16(10-8-14)22-19-20-17-5-3-4-6-18(17)23-19/h3-10,13H,11-12H2,1-2H3. The van der Waals surface area contributed by atoms with Crippen molar-refractivity contribution in [3.63, 3.8) is 0 Å². The van der Waals surface area contributed by atoms with E-state index in [1.807, 2.05) is 48.5 Å². The van der Waals surface area contributed by atoms with E-state index in [1.54, 1.807) is 0 Å². The van der Waals surface area contributed by atoms with E-state index in [0.29, 0.717) is 24.0 Å². The van der Waals surface area contributed by atoms with Gasteiger partial charge in [0.05, 0.1) is 10.2 Å². The van der Waals surface area contributed by atoms with Gasteiger partial charge in [-0.15, -0.1) is 0 Å². The fourth-order valence-electron chi connectivity index (χ4n) is 2.43. The summed E-state index contributed by atoms with van der Waals surface area (Å²) in [5, 5.41) is 0.634. The molecule has 0 N–H and O–H groups in total. The molecule has 1 heterocycles. The highest BCUT2D eigenvalue weighted by Gasteiger charge is 2.08. The molecule has 23 heavy (non-hydrogen) atoms. The lowest BCUT2D eigenvalue weighted by molar-refractivity contribution is -0.119. The molecule has 0 aliphatic carbocycles. The van der Waals surface area contributed by atoms with Gasteiger partial charge in [-0.1, -0.05) is 49.4 Å². The zero-order valence-corrected chi connectivity index (χ0v) is 14.1. The Bertz CT molecular complexity index is 773. The van der Waals surface area contributed by atoms with Crippen molar-refractivity contribution in [1.82, 2.24) is 4.98 Å². The van der Waals surface area contributed by atoms with Crippen molar-refractivity contribution in [3.8, 4) is 10.9 Å². The van der Waals surface area contributed by atoms with Gasteiger partial charge in [0.15, 0.2) is 0 Å². The van der Waals surface area contributed by atoms with Crippen LogP contribution in [-0.2, 0) is 11.2 Å². The first-order chi connectivity index (χ1) is 11.1. The number of benzene rings is 2. The Morgan fingerprint density at radius 3 is 2.57 bits per heavy atom. The summed E-state index contributed by atoms with van der Waals surface area (Å²) in [6, 6.07) is 15.6. The number of rotatable bonds is 6. The Morgan fingerprint density at radius 1 is 1.13 bits per heavy atom. The largest absolute Gasteiger partial charge is 0.431 e. The molecule has 0 aliphatic rings. The maximum Gasteiger partial charge on any atom is 0.279 e. The maximum atomic E-state index is 11.9. The third-order valence-corrected chi connectivity index (χ3v) is 4.35. The molecule has 0 spiro atoms. The quantitative estimate of drug-likeness (QED) is 0.621. The first-order valence-corrected chi connectivity index (χ1v) is 8.56. The normalized spacial score (nSPS) is 11.1. The summed E-state index contributed by atoms with van der Waals surface area (Å²) in [4.78, 5) is 16.3. The molecular weight excluding hydrogens is 306 g/mol. The Kier molecular flexibility index (Phi) is 4.72. The zero-order valence-electron chi connectivity index (χ0n) is 13.3. The molecule has 3 aromatic rings. The van der Waals surface area contributed by atoms with Crippen LogP contribution in [0.25, 0.3) is 10.2 Å². The van der Waals surface area contributed by atoms with Crippen molar-refractivity contribution >= 4 is 27.3 Å². The predicted molar refractivity (Wildman–Crippen MR) is 94.3 cm³/mol. The molecule has 0 bridgehead atoms.